The third-order valence-electron chi connectivity index (χ3n) is 4.74. The van der Waals surface area contributed by atoms with E-state index in [1.807, 2.05) is 55.7 Å². The largest absolute Gasteiger partial charge is 0.349 e. The van der Waals surface area contributed by atoms with Gasteiger partial charge in [-0.15, -0.1) is 10.2 Å². The number of carbonyl (C=O) groups is 2. The quantitative estimate of drug-likeness (QED) is 0.470. The number of rotatable bonds is 7. The summed E-state index contributed by atoms with van der Waals surface area (Å²) in [7, 11) is 0. The summed E-state index contributed by atoms with van der Waals surface area (Å²) in [6, 6.07) is 9.42. The van der Waals surface area contributed by atoms with E-state index in [2.05, 4.69) is 27.0 Å². The van der Waals surface area contributed by atoms with Crippen molar-refractivity contribution < 1.29 is 9.59 Å². The fourth-order valence-electron chi connectivity index (χ4n) is 3.44. The van der Waals surface area contributed by atoms with Crippen LogP contribution in [-0.2, 0) is 11.3 Å². The summed E-state index contributed by atoms with van der Waals surface area (Å²) in [5.41, 5.74) is 4.37. The van der Waals surface area contributed by atoms with Gasteiger partial charge in [0.1, 0.15) is 5.82 Å². The Kier molecular flexibility index (Phi) is 6.22. The number of hydrogen-bond acceptors (Lipinski definition) is 5. The van der Waals surface area contributed by atoms with Gasteiger partial charge in [-0.25, -0.2) is 0 Å². The molecule has 7 nitrogen and oxygen atoms in total. The minimum atomic E-state index is -0.132. The van der Waals surface area contributed by atoms with Crippen LogP contribution in [0.1, 0.15) is 41.4 Å². The Hall–Kier alpha value is -2.87. The lowest BCUT2D eigenvalue weighted by atomic mass is 10.2. The molecule has 0 atom stereocenters. The molecule has 0 fully saturated rings. The highest BCUT2D eigenvalue weighted by atomic mass is 32.2. The van der Waals surface area contributed by atoms with Gasteiger partial charge in [0, 0.05) is 36.1 Å². The highest BCUT2D eigenvalue weighted by Crippen LogP contribution is 2.25. The van der Waals surface area contributed by atoms with Crippen LogP contribution in [0.4, 0.5) is 5.69 Å². The minimum absolute atomic E-state index is 0.0713. The van der Waals surface area contributed by atoms with Gasteiger partial charge >= 0.3 is 0 Å². The summed E-state index contributed by atoms with van der Waals surface area (Å²) in [6.45, 7) is 10.2. The Morgan fingerprint density at radius 1 is 1.14 bits per heavy atom. The number of hydrogen-bond donors (Lipinski definition) is 1. The van der Waals surface area contributed by atoms with Crippen molar-refractivity contribution in [2.75, 3.05) is 11.1 Å². The van der Waals surface area contributed by atoms with Crippen molar-refractivity contribution in [2.24, 2.45) is 0 Å². The molecule has 2 aromatic heterocycles. The van der Waals surface area contributed by atoms with Gasteiger partial charge in [-0.05, 0) is 52.0 Å². The predicted octanol–water partition coefficient (Wildman–Crippen LogP) is 3.95. The number of thioether (sulfide) groups is 1. The van der Waals surface area contributed by atoms with Gasteiger partial charge in [0.15, 0.2) is 10.9 Å². The van der Waals surface area contributed by atoms with Crippen LogP contribution in [-0.4, -0.2) is 36.8 Å². The zero-order valence-corrected chi connectivity index (χ0v) is 18.1. The van der Waals surface area contributed by atoms with Crippen LogP contribution in [0.5, 0.6) is 0 Å². The average Bonchev–Trinajstić information content (AvgIpc) is 3.18. The molecule has 1 N–H and O–H groups in total. The van der Waals surface area contributed by atoms with E-state index in [4.69, 9.17) is 0 Å². The van der Waals surface area contributed by atoms with Gasteiger partial charge in [0.05, 0.1) is 11.4 Å². The zero-order valence-electron chi connectivity index (χ0n) is 17.3. The molecule has 8 heteroatoms. The molecule has 3 aromatic rings. The number of nitrogens with one attached hydrogen (secondary N) is 1. The molecule has 0 aliphatic rings. The predicted molar refractivity (Wildman–Crippen MR) is 115 cm³/mol. The van der Waals surface area contributed by atoms with E-state index in [-0.39, 0.29) is 17.4 Å². The van der Waals surface area contributed by atoms with E-state index in [1.165, 1.54) is 18.7 Å². The molecule has 0 spiro atoms. The topological polar surface area (TPSA) is 81.8 Å². The summed E-state index contributed by atoms with van der Waals surface area (Å²) in [6.07, 6.45) is 0. The van der Waals surface area contributed by atoms with Crippen LogP contribution in [0.15, 0.2) is 35.5 Å². The van der Waals surface area contributed by atoms with E-state index < -0.39 is 0 Å². The third kappa shape index (κ3) is 4.42. The maximum atomic E-state index is 12.8. The van der Waals surface area contributed by atoms with Gasteiger partial charge in [-0.3, -0.25) is 14.2 Å². The monoisotopic (exact) mass is 411 g/mol. The second kappa shape index (κ2) is 8.65. The van der Waals surface area contributed by atoms with Crippen molar-refractivity contribution in [3.8, 4) is 5.69 Å². The molecule has 29 heavy (non-hydrogen) atoms. The number of anilines is 1. The molecule has 2 heterocycles. The Labute approximate surface area is 174 Å². The molecule has 1 amide bonds. The Morgan fingerprint density at radius 2 is 1.90 bits per heavy atom. The maximum Gasteiger partial charge on any atom is 0.221 e. The lowest BCUT2D eigenvalue weighted by molar-refractivity contribution is -0.114. The number of Topliss-reactive ketones (excluding diaryl/α,β-unsaturated/α-hetero) is 1. The van der Waals surface area contributed by atoms with Gasteiger partial charge < -0.3 is 9.88 Å². The number of benzene rings is 1. The smallest absolute Gasteiger partial charge is 0.221 e. The van der Waals surface area contributed by atoms with Crippen LogP contribution < -0.4 is 5.32 Å². The first-order chi connectivity index (χ1) is 13.8. The van der Waals surface area contributed by atoms with Gasteiger partial charge in [0.2, 0.25) is 5.91 Å². The van der Waals surface area contributed by atoms with E-state index in [0.29, 0.717) is 16.7 Å². The molecule has 152 valence electrons. The molecule has 0 radical (unpaired) electrons. The van der Waals surface area contributed by atoms with Crippen molar-refractivity contribution >= 4 is 29.1 Å². The molecule has 0 bridgehead atoms. The molecular formula is C21H25N5O2S. The Balaban J connectivity index is 1.82. The van der Waals surface area contributed by atoms with Crippen molar-refractivity contribution in [1.29, 1.82) is 0 Å². The fourth-order valence-corrected chi connectivity index (χ4v) is 4.32. The number of nitrogens with zero attached hydrogens (tertiary/aromatic N) is 4. The minimum Gasteiger partial charge on any atom is -0.349 e. The van der Waals surface area contributed by atoms with Crippen molar-refractivity contribution in [1.82, 2.24) is 19.3 Å². The van der Waals surface area contributed by atoms with Gasteiger partial charge in [0.25, 0.3) is 0 Å². The number of aryl methyl sites for hydroxylation is 2. The van der Waals surface area contributed by atoms with Crippen LogP contribution in [0.2, 0.25) is 0 Å². The molecule has 0 unspecified atom stereocenters. The van der Waals surface area contributed by atoms with Crippen LogP contribution in [0.25, 0.3) is 5.69 Å². The average molecular weight is 412 g/mol. The lowest BCUT2D eigenvalue weighted by Crippen LogP contribution is -2.08. The number of aromatic nitrogens is 4. The second-order valence-electron chi connectivity index (χ2n) is 6.84. The summed E-state index contributed by atoms with van der Waals surface area (Å²) in [4.78, 5) is 24.2. The summed E-state index contributed by atoms with van der Waals surface area (Å²) < 4.78 is 4.02. The summed E-state index contributed by atoms with van der Waals surface area (Å²) >= 11 is 1.36. The van der Waals surface area contributed by atoms with Crippen LogP contribution in [0.3, 0.4) is 0 Å². The second-order valence-corrected chi connectivity index (χ2v) is 7.78. The van der Waals surface area contributed by atoms with Crippen molar-refractivity contribution in [2.45, 2.75) is 46.3 Å². The lowest BCUT2D eigenvalue weighted by Gasteiger charge is -2.10. The van der Waals surface area contributed by atoms with E-state index in [0.717, 1.165) is 29.2 Å². The van der Waals surface area contributed by atoms with Crippen molar-refractivity contribution in [3.05, 3.63) is 53.1 Å². The molecular weight excluding hydrogens is 386 g/mol. The summed E-state index contributed by atoms with van der Waals surface area (Å²) in [5, 5.41) is 11.8. The number of carbonyl (C=O) groups excluding carboxylic acids is 2. The van der Waals surface area contributed by atoms with E-state index in [9.17, 15) is 9.59 Å². The summed E-state index contributed by atoms with van der Waals surface area (Å²) in [5.74, 6) is 0.927. The normalized spacial score (nSPS) is 10.9. The standard InChI is InChI=1S/C21H25N5O2S/c1-6-25-13(2)10-19(14(25)3)20(28)12-29-21-24-23-15(4)26(21)18-9-7-8-17(11-18)22-16(5)27/h7-11H,6,12H2,1-5H3,(H,22,27). The molecule has 0 aliphatic carbocycles. The van der Waals surface area contributed by atoms with E-state index in [1.54, 1.807) is 0 Å². The van der Waals surface area contributed by atoms with Gasteiger partial charge in [-0.1, -0.05) is 17.8 Å². The molecule has 0 saturated heterocycles. The molecule has 1 aromatic carbocycles. The fraction of sp³-hybridized carbons (Fsp3) is 0.333. The maximum absolute atomic E-state index is 12.8. The highest BCUT2D eigenvalue weighted by molar-refractivity contribution is 7.99. The molecule has 3 rings (SSSR count). The number of amides is 1. The first kappa shape index (κ1) is 20.9. The SMILES string of the molecule is CCn1c(C)cc(C(=O)CSc2nnc(C)n2-c2cccc(NC(C)=O)c2)c1C. The first-order valence-electron chi connectivity index (χ1n) is 9.44. The van der Waals surface area contributed by atoms with Gasteiger partial charge in [-0.2, -0.15) is 0 Å². The Bertz CT molecular complexity index is 1070. The number of ketones is 1. The molecule has 0 saturated carbocycles. The van der Waals surface area contributed by atoms with Crippen LogP contribution in [0, 0.1) is 20.8 Å². The third-order valence-corrected chi connectivity index (χ3v) is 5.67. The zero-order chi connectivity index (χ0) is 21.1. The highest BCUT2D eigenvalue weighted by Gasteiger charge is 2.18. The van der Waals surface area contributed by atoms with Crippen molar-refractivity contribution in [3.63, 3.8) is 0 Å². The Morgan fingerprint density at radius 3 is 2.55 bits per heavy atom. The first-order valence-corrected chi connectivity index (χ1v) is 10.4. The van der Waals surface area contributed by atoms with E-state index >= 15 is 0 Å². The van der Waals surface area contributed by atoms with Crippen LogP contribution >= 0.6 is 11.8 Å². The molecule has 0 aliphatic heterocycles.